The first-order valence-electron chi connectivity index (χ1n) is 5.35. The molecule has 2 fully saturated rings. The Morgan fingerprint density at radius 1 is 1.14 bits per heavy atom. The van der Waals surface area contributed by atoms with Crippen LogP contribution in [0, 0.1) is 0 Å². The largest absolute Gasteiger partial charge is 0.340 e. The zero-order valence-corrected chi connectivity index (χ0v) is 9.07. The van der Waals surface area contributed by atoms with Crippen molar-refractivity contribution >= 4 is 5.91 Å². The Bertz CT molecular complexity index is 231. The van der Waals surface area contributed by atoms with Crippen molar-refractivity contribution in [3.8, 4) is 0 Å². The van der Waals surface area contributed by atoms with Gasteiger partial charge in [-0.05, 0) is 7.05 Å². The van der Waals surface area contributed by atoms with Gasteiger partial charge in [0.25, 0.3) is 0 Å². The Balaban J connectivity index is 1.96. The Labute approximate surface area is 85.5 Å². The number of carbonyl (C=O) groups excluding carboxylic acids is 1. The second kappa shape index (κ2) is 3.87. The molecule has 2 heterocycles. The highest BCUT2D eigenvalue weighted by Crippen LogP contribution is 2.14. The molecule has 0 aromatic rings. The molecule has 2 saturated heterocycles. The van der Waals surface area contributed by atoms with E-state index in [1.165, 1.54) is 0 Å². The predicted molar refractivity (Wildman–Crippen MR) is 55.1 cm³/mol. The van der Waals surface area contributed by atoms with E-state index in [-0.39, 0.29) is 5.91 Å². The summed E-state index contributed by atoms with van der Waals surface area (Å²) in [5.74, 6) is 0.220. The van der Waals surface area contributed by atoms with Gasteiger partial charge >= 0.3 is 0 Å². The molecule has 0 aliphatic carbocycles. The fraction of sp³-hybridized carbons (Fsp3) is 0.900. The van der Waals surface area contributed by atoms with Gasteiger partial charge in [-0.1, -0.05) is 0 Å². The molecule has 2 aliphatic heterocycles. The van der Waals surface area contributed by atoms with Crippen molar-refractivity contribution in [2.45, 2.75) is 13.0 Å². The van der Waals surface area contributed by atoms with Crippen LogP contribution in [0.15, 0.2) is 0 Å². The minimum Gasteiger partial charge on any atom is -0.340 e. The molecular weight excluding hydrogens is 178 g/mol. The Hall–Kier alpha value is -0.610. The summed E-state index contributed by atoms with van der Waals surface area (Å²) in [6.07, 6.45) is 0. The minimum atomic E-state index is 0.220. The monoisotopic (exact) mass is 197 g/mol. The molecule has 1 atom stereocenters. The lowest BCUT2D eigenvalue weighted by molar-refractivity contribution is -0.132. The van der Waals surface area contributed by atoms with Gasteiger partial charge in [-0.2, -0.15) is 0 Å². The van der Waals surface area contributed by atoms with Crippen LogP contribution in [-0.2, 0) is 4.79 Å². The van der Waals surface area contributed by atoms with Crippen molar-refractivity contribution in [2.75, 3.05) is 46.3 Å². The molecule has 80 valence electrons. The van der Waals surface area contributed by atoms with Crippen molar-refractivity contribution in [3.63, 3.8) is 0 Å². The topological polar surface area (TPSA) is 26.8 Å². The number of rotatable bonds is 0. The molecule has 0 saturated carbocycles. The fourth-order valence-electron chi connectivity index (χ4n) is 2.40. The maximum absolute atomic E-state index is 11.2. The van der Waals surface area contributed by atoms with Crippen LogP contribution >= 0.6 is 0 Å². The summed E-state index contributed by atoms with van der Waals surface area (Å²) in [6, 6.07) is 0.561. The minimum absolute atomic E-state index is 0.220. The van der Waals surface area contributed by atoms with Crippen LogP contribution in [0.2, 0.25) is 0 Å². The first-order chi connectivity index (χ1) is 6.66. The molecule has 0 spiro atoms. The molecule has 4 heteroatoms. The molecule has 2 rings (SSSR count). The highest BCUT2D eigenvalue weighted by atomic mass is 16.2. The maximum atomic E-state index is 11.2. The van der Waals surface area contributed by atoms with E-state index >= 15 is 0 Å². The first kappa shape index (κ1) is 9.93. The average molecular weight is 197 g/mol. The van der Waals surface area contributed by atoms with Gasteiger partial charge in [-0.15, -0.1) is 0 Å². The molecule has 14 heavy (non-hydrogen) atoms. The maximum Gasteiger partial charge on any atom is 0.219 e. The molecule has 0 aromatic heterocycles. The Morgan fingerprint density at radius 2 is 1.86 bits per heavy atom. The highest BCUT2D eigenvalue weighted by molar-refractivity contribution is 5.73. The van der Waals surface area contributed by atoms with Crippen LogP contribution in [0.25, 0.3) is 0 Å². The van der Waals surface area contributed by atoms with E-state index in [2.05, 4.69) is 16.8 Å². The summed E-state index contributed by atoms with van der Waals surface area (Å²) in [6.45, 7) is 7.97. The van der Waals surface area contributed by atoms with Gasteiger partial charge in [0.05, 0.1) is 0 Å². The van der Waals surface area contributed by atoms with Gasteiger partial charge in [-0.3, -0.25) is 9.69 Å². The lowest BCUT2D eigenvalue weighted by Crippen LogP contribution is -2.61. The Kier molecular flexibility index (Phi) is 2.74. The molecule has 1 unspecified atom stereocenters. The van der Waals surface area contributed by atoms with Gasteiger partial charge in [0, 0.05) is 52.2 Å². The normalized spacial score (nSPS) is 30.1. The SMILES string of the molecule is CC(=O)N1CCN2CCN(C)CC2C1. The van der Waals surface area contributed by atoms with Crippen molar-refractivity contribution in [1.29, 1.82) is 0 Å². The predicted octanol–water partition coefficient (Wildman–Crippen LogP) is -0.535. The zero-order valence-electron chi connectivity index (χ0n) is 9.07. The molecule has 4 nitrogen and oxygen atoms in total. The summed E-state index contributed by atoms with van der Waals surface area (Å²) in [5, 5.41) is 0. The number of nitrogens with zero attached hydrogens (tertiary/aromatic N) is 3. The number of carbonyl (C=O) groups is 1. The van der Waals surface area contributed by atoms with Crippen LogP contribution in [0.5, 0.6) is 0 Å². The van der Waals surface area contributed by atoms with E-state index < -0.39 is 0 Å². The molecule has 0 aromatic carbocycles. The summed E-state index contributed by atoms with van der Waals surface area (Å²) in [7, 11) is 2.16. The number of hydrogen-bond acceptors (Lipinski definition) is 3. The van der Waals surface area contributed by atoms with E-state index in [0.717, 1.165) is 39.3 Å². The second-order valence-electron chi connectivity index (χ2n) is 4.42. The average Bonchev–Trinajstić information content (AvgIpc) is 2.16. The molecule has 0 bridgehead atoms. The van der Waals surface area contributed by atoms with E-state index in [4.69, 9.17) is 0 Å². The fourth-order valence-corrected chi connectivity index (χ4v) is 2.40. The summed E-state index contributed by atoms with van der Waals surface area (Å²) in [4.78, 5) is 18.1. The van der Waals surface area contributed by atoms with Crippen molar-refractivity contribution in [1.82, 2.24) is 14.7 Å². The van der Waals surface area contributed by atoms with Gasteiger partial charge < -0.3 is 9.80 Å². The van der Waals surface area contributed by atoms with E-state index in [9.17, 15) is 4.79 Å². The lowest BCUT2D eigenvalue weighted by Gasteiger charge is -2.46. The van der Waals surface area contributed by atoms with Crippen LogP contribution in [-0.4, -0.2) is 73.0 Å². The number of hydrogen-bond donors (Lipinski definition) is 0. The third-order valence-electron chi connectivity index (χ3n) is 3.34. The van der Waals surface area contributed by atoms with Crippen molar-refractivity contribution in [3.05, 3.63) is 0 Å². The third kappa shape index (κ3) is 1.91. The van der Waals surface area contributed by atoms with Crippen molar-refractivity contribution < 1.29 is 4.79 Å². The highest BCUT2D eigenvalue weighted by Gasteiger charge is 2.31. The number of amides is 1. The number of piperazine rings is 2. The summed E-state index contributed by atoms with van der Waals surface area (Å²) >= 11 is 0. The van der Waals surface area contributed by atoms with Gasteiger partial charge in [0.15, 0.2) is 0 Å². The van der Waals surface area contributed by atoms with Gasteiger partial charge in [0.1, 0.15) is 0 Å². The number of fused-ring (bicyclic) bond motifs is 1. The van der Waals surface area contributed by atoms with Crippen LogP contribution in [0.4, 0.5) is 0 Å². The molecular formula is C10H19N3O. The number of likely N-dealkylation sites (N-methyl/N-ethyl adjacent to an activating group) is 1. The van der Waals surface area contributed by atoms with Crippen LogP contribution < -0.4 is 0 Å². The smallest absolute Gasteiger partial charge is 0.219 e. The van der Waals surface area contributed by atoms with Crippen LogP contribution in [0.1, 0.15) is 6.92 Å². The standard InChI is InChI=1S/C10H19N3O/c1-9(14)13-6-5-12-4-3-11(2)7-10(12)8-13/h10H,3-8H2,1-2H3. The van der Waals surface area contributed by atoms with E-state index in [0.29, 0.717) is 6.04 Å². The summed E-state index contributed by atoms with van der Waals surface area (Å²) in [5.41, 5.74) is 0. The molecule has 1 amide bonds. The molecule has 2 aliphatic rings. The van der Waals surface area contributed by atoms with E-state index in [1.807, 2.05) is 4.90 Å². The zero-order chi connectivity index (χ0) is 10.1. The molecule has 0 radical (unpaired) electrons. The third-order valence-corrected chi connectivity index (χ3v) is 3.34. The van der Waals surface area contributed by atoms with Gasteiger partial charge in [-0.25, -0.2) is 0 Å². The summed E-state index contributed by atoms with van der Waals surface area (Å²) < 4.78 is 0. The van der Waals surface area contributed by atoms with Crippen LogP contribution in [0.3, 0.4) is 0 Å². The van der Waals surface area contributed by atoms with Crippen molar-refractivity contribution in [2.24, 2.45) is 0 Å². The van der Waals surface area contributed by atoms with Gasteiger partial charge in [0.2, 0.25) is 5.91 Å². The quantitative estimate of drug-likeness (QED) is 0.522. The lowest BCUT2D eigenvalue weighted by atomic mass is 10.1. The Morgan fingerprint density at radius 3 is 2.57 bits per heavy atom. The second-order valence-corrected chi connectivity index (χ2v) is 4.42. The molecule has 0 N–H and O–H groups in total. The first-order valence-corrected chi connectivity index (χ1v) is 5.35. The van der Waals surface area contributed by atoms with E-state index in [1.54, 1.807) is 6.92 Å².